The van der Waals surface area contributed by atoms with Crippen LogP contribution in [0.3, 0.4) is 0 Å². The minimum absolute atomic E-state index is 0.0135. The fourth-order valence-electron chi connectivity index (χ4n) is 6.07. The molecule has 2 aliphatic carbocycles. The van der Waals surface area contributed by atoms with E-state index < -0.39 is 24.0 Å². The molecule has 42 heavy (non-hydrogen) atoms. The Labute approximate surface area is 252 Å². The first-order valence-corrected chi connectivity index (χ1v) is 14.8. The van der Waals surface area contributed by atoms with Crippen LogP contribution >= 0.6 is 23.2 Å². The molecular formula is C29H33Cl2F3N4O4. The van der Waals surface area contributed by atoms with E-state index in [2.05, 4.69) is 4.98 Å². The van der Waals surface area contributed by atoms with Crippen molar-refractivity contribution in [3.63, 3.8) is 0 Å². The number of carbonyl (C=O) groups is 3. The molecule has 228 valence electrons. The van der Waals surface area contributed by atoms with Crippen LogP contribution in [0.2, 0.25) is 0 Å². The smallest absolute Gasteiger partial charge is 0.409 e. The fourth-order valence-corrected chi connectivity index (χ4v) is 6.47. The molecule has 1 aromatic rings. The van der Waals surface area contributed by atoms with E-state index in [4.69, 9.17) is 27.9 Å². The number of pyridine rings is 1. The van der Waals surface area contributed by atoms with Crippen molar-refractivity contribution in [2.75, 3.05) is 33.2 Å². The molecule has 13 heteroatoms. The van der Waals surface area contributed by atoms with Crippen LogP contribution < -0.4 is 4.74 Å². The van der Waals surface area contributed by atoms with Crippen LogP contribution in [0.15, 0.2) is 40.5 Å². The Bertz CT molecular complexity index is 1290. The van der Waals surface area contributed by atoms with Crippen molar-refractivity contribution in [2.24, 2.45) is 23.2 Å². The summed E-state index contributed by atoms with van der Waals surface area (Å²) in [4.78, 5) is 47.9. The zero-order valence-electron chi connectivity index (χ0n) is 23.4. The molecule has 0 spiro atoms. The molecule has 0 aromatic carbocycles. The van der Waals surface area contributed by atoms with Gasteiger partial charge in [-0.25, -0.2) is 9.78 Å². The van der Waals surface area contributed by atoms with E-state index in [0.717, 1.165) is 31.2 Å². The van der Waals surface area contributed by atoms with Gasteiger partial charge in [-0.1, -0.05) is 36.2 Å². The number of rotatable bonds is 5. The van der Waals surface area contributed by atoms with Gasteiger partial charge in [0.25, 0.3) is 0 Å². The summed E-state index contributed by atoms with van der Waals surface area (Å²) in [6.07, 6.45) is 2.55. The van der Waals surface area contributed by atoms with Crippen molar-refractivity contribution in [3.05, 3.63) is 46.2 Å². The Morgan fingerprint density at radius 3 is 2.36 bits per heavy atom. The van der Waals surface area contributed by atoms with E-state index in [1.807, 2.05) is 17.9 Å². The number of allylic oxidation sites excluding steroid dienone is 4. The van der Waals surface area contributed by atoms with Gasteiger partial charge in [-0.15, -0.1) is 0 Å². The Hall–Kier alpha value is -2.79. The molecule has 1 unspecified atom stereocenters. The second kappa shape index (κ2) is 11.7. The van der Waals surface area contributed by atoms with Crippen molar-refractivity contribution >= 4 is 41.1 Å². The number of likely N-dealkylation sites (N-methyl/N-ethyl adjacent to an activating group) is 1. The lowest BCUT2D eigenvalue weighted by Crippen LogP contribution is -2.47. The minimum atomic E-state index is -4.61. The molecule has 0 radical (unpaired) electrons. The van der Waals surface area contributed by atoms with Crippen LogP contribution in [-0.2, 0) is 15.8 Å². The third-order valence-electron chi connectivity index (χ3n) is 9.02. The van der Waals surface area contributed by atoms with Crippen molar-refractivity contribution in [1.29, 1.82) is 0 Å². The van der Waals surface area contributed by atoms with E-state index in [-0.39, 0.29) is 47.3 Å². The number of hydrogen-bond acceptors (Lipinski definition) is 5. The molecule has 1 saturated carbocycles. The second-order valence-electron chi connectivity index (χ2n) is 11.9. The lowest BCUT2D eigenvalue weighted by Gasteiger charge is -2.34. The normalized spacial score (nSPS) is 25.9. The van der Waals surface area contributed by atoms with Crippen LogP contribution in [-0.4, -0.2) is 76.9 Å². The predicted molar refractivity (Wildman–Crippen MR) is 150 cm³/mol. The summed E-state index contributed by atoms with van der Waals surface area (Å²) in [7, 11) is 1.55. The van der Waals surface area contributed by atoms with Gasteiger partial charge >= 0.3 is 12.3 Å². The van der Waals surface area contributed by atoms with E-state index in [1.54, 1.807) is 18.0 Å². The van der Waals surface area contributed by atoms with E-state index in [1.165, 1.54) is 4.90 Å². The standard InChI is InChI=1S/C29H33Cl2F3N4O4/c1-28(9-10-28)26(40)37-11-7-17(8-12-37)25(39)38-15-20(18-3-5-21(30)22(31)13-18)23(16-38)36(2)27(41)42-19-4-6-24(35-14-19)29(32,33)34/h3-6,14,17-18,20,23H,7-13,15-16H2,1-2H3/t18?,20-,23+/m1/s1. The first-order chi connectivity index (χ1) is 19.8. The van der Waals surface area contributed by atoms with E-state index in [9.17, 15) is 27.6 Å². The highest BCUT2D eigenvalue weighted by Gasteiger charge is 2.49. The third-order valence-corrected chi connectivity index (χ3v) is 9.83. The van der Waals surface area contributed by atoms with Crippen LogP contribution in [0.5, 0.6) is 5.75 Å². The molecule has 3 amide bonds. The summed E-state index contributed by atoms with van der Waals surface area (Å²) in [5.41, 5.74) is -1.33. The second-order valence-corrected chi connectivity index (χ2v) is 12.8. The lowest BCUT2D eigenvalue weighted by molar-refractivity contribution is -0.142. The van der Waals surface area contributed by atoms with Gasteiger partial charge in [0.2, 0.25) is 11.8 Å². The molecule has 0 N–H and O–H groups in total. The molecule has 5 rings (SSSR count). The summed E-state index contributed by atoms with van der Waals surface area (Å²) < 4.78 is 44.0. The number of ether oxygens (including phenoxy) is 1. The highest BCUT2D eigenvalue weighted by molar-refractivity contribution is 6.40. The number of alkyl halides is 3. The van der Waals surface area contributed by atoms with Crippen molar-refractivity contribution < 1.29 is 32.3 Å². The first kappa shape index (κ1) is 30.7. The lowest BCUT2D eigenvalue weighted by atomic mass is 9.83. The predicted octanol–water partition coefficient (Wildman–Crippen LogP) is 5.66. The maximum atomic E-state index is 13.7. The number of halogens is 5. The van der Waals surface area contributed by atoms with E-state index in [0.29, 0.717) is 49.0 Å². The van der Waals surface area contributed by atoms with E-state index >= 15 is 0 Å². The molecule has 0 bridgehead atoms. The van der Waals surface area contributed by atoms with Crippen molar-refractivity contribution in [1.82, 2.24) is 19.7 Å². The molecule has 1 aromatic heterocycles. The molecule has 3 fully saturated rings. The number of piperidine rings is 1. The Kier molecular flexibility index (Phi) is 8.55. The largest absolute Gasteiger partial charge is 0.433 e. The number of carbonyl (C=O) groups excluding carboxylic acids is 3. The zero-order valence-corrected chi connectivity index (χ0v) is 24.9. The SMILES string of the molecule is CN(C(=O)Oc1ccc(C(F)(F)F)nc1)[C@H]1CN(C(=O)C2CCN(C(=O)C3(C)CC3)CC2)C[C@@H]1C1C=CC(Cl)=C(Cl)C1. The van der Waals surface area contributed by atoms with Crippen molar-refractivity contribution in [2.45, 2.75) is 51.2 Å². The molecular weight excluding hydrogens is 596 g/mol. The highest BCUT2D eigenvalue weighted by atomic mass is 35.5. The Balaban J connectivity index is 1.27. The molecule has 8 nitrogen and oxygen atoms in total. The molecule has 2 aliphatic heterocycles. The first-order valence-electron chi connectivity index (χ1n) is 14.1. The fraction of sp³-hybridized carbons (Fsp3) is 0.586. The average Bonchev–Trinajstić information content (AvgIpc) is 3.56. The number of hydrogen-bond donors (Lipinski definition) is 0. The molecule has 3 atom stereocenters. The molecule has 4 aliphatic rings. The zero-order chi connectivity index (χ0) is 30.4. The minimum Gasteiger partial charge on any atom is -0.409 e. The van der Waals surface area contributed by atoms with Gasteiger partial charge in [-0.3, -0.25) is 9.59 Å². The number of likely N-dealkylation sites (tertiary alicyclic amines) is 2. The number of nitrogens with zero attached hydrogens (tertiary/aromatic N) is 4. The Morgan fingerprint density at radius 2 is 1.79 bits per heavy atom. The quantitative estimate of drug-likeness (QED) is 0.420. The van der Waals surface area contributed by atoms with Gasteiger partial charge in [-0.2, -0.15) is 13.2 Å². The highest BCUT2D eigenvalue weighted by Crippen LogP contribution is 2.47. The molecule has 3 heterocycles. The van der Waals surface area contributed by atoms with Crippen LogP contribution in [0.4, 0.5) is 18.0 Å². The maximum Gasteiger partial charge on any atom is 0.433 e. The van der Waals surface area contributed by atoms with Gasteiger partial charge in [0.1, 0.15) is 5.69 Å². The Morgan fingerprint density at radius 1 is 1.10 bits per heavy atom. The van der Waals surface area contributed by atoms with Crippen LogP contribution in [0.25, 0.3) is 0 Å². The number of amides is 3. The van der Waals surface area contributed by atoms with Gasteiger partial charge < -0.3 is 19.4 Å². The third kappa shape index (κ3) is 6.41. The summed E-state index contributed by atoms with van der Waals surface area (Å²) in [6, 6.07) is 1.34. The topological polar surface area (TPSA) is 83.1 Å². The monoisotopic (exact) mass is 628 g/mol. The summed E-state index contributed by atoms with van der Waals surface area (Å²) in [5, 5.41) is 0.939. The summed E-state index contributed by atoms with van der Waals surface area (Å²) in [5.74, 6) is -0.492. The summed E-state index contributed by atoms with van der Waals surface area (Å²) >= 11 is 12.5. The van der Waals surface area contributed by atoms with Crippen LogP contribution in [0, 0.1) is 23.2 Å². The summed E-state index contributed by atoms with van der Waals surface area (Å²) in [6.45, 7) is 3.72. The maximum absolute atomic E-state index is 13.7. The average molecular weight is 630 g/mol. The van der Waals surface area contributed by atoms with Crippen LogP contribution in [0.1, 0.15) is 44.7 Å². The molecule has 2 saturated heterocycles. The van der Waals surface area contributed by atoms with Crippen molar-refractivity contribution in [3.8, 4) is 5.75 Å². The van der Waals surface area contributed by atoms with Gasteiger partial charge in [0.05, 0.1) is 17.3 Å². The van der Waals surface area contributed by atoms with Gasteiger partial charge in [0, 0.05) is 55.5 Å². The van der Waals surface area contributed by atoms with Gasteiger partial charge in [0.15, 0.2) is 5.75 Å². The van der Waals surface area contributed by atoms with Gasteiger partial charge in [-0.05, 0) is 56.2 Å². The number of aromatic nitrogens is 1.